The molecule has 1 N–H and O–H groups in total. The molecule has 0 fully saturated rings. The van der Waals surface area contributed by atoms with Crippen molar-refractivity contribution < 1.29 is 14.6 Å². The van der Waals surface area contributed by atoms with Crippen molar-refractivity contribution in [1.82, 2.24) is 0 Å². The lowest BCUT2D eigenvalue weighted by molar-refractivity contribution is 0.0439. The summed E-state index contributed by atoms with van der Waals surface area (Å²) in [6, 6.07) is 7.00. The van der Waals surface area contributed by atoms with E-state index in [1.165, 1.54) is 0 Å². The summed E-state index contributed by atoms with van der Waals surface area (Å²) in [5.74, 6) is 0.241. The molecule has 1 aromatic rings. The molecule has 0 saturated carbocycles. The van der Waals surface area contributed by atoms with Crippen molar-refractivity contribution in [2.45, 2.75) is 33.8 Å². The molecule has 0 aliphatic rings. The minimum atomic E-state index is -1.02. The number of ketones is 1. The molecule has 0 spiro atoms. The van der Waals surface area contributed by atoms with Gasteiger partial charge in [0, 0.05) is 0 Å². The Bertz CT molecular complexity index is 391. The molecule has 1 unspecified atom stereocenters. The Morgan fingerprint density at radius 3 is 2.47 bits per heavy atom. The van der Waals surface area contributed by atoms with Crippen molar-refractivity contribution in [3.63, 3.8) is 0 Å². The van der Waals surface area contributed by atoms with Gasteiger partial charge in [0.25, 0.3) is 0 Å². The second kappa shape index (κ2) is 5.32. The summed E-state index contributed by atoms with van der Waals surface area (Å²) in [4.78, 5) is 12.2. The van der Waals surface area contributed by atoms with E-state index in [9.17, 15) is 9.90 Å². The molecule has 17 heavy (non-hydrogen) atoms. The summed E-state index contributed by atoms with van der Waals surface area (Å²) in [5, 5.41) is 10.00. The van der Waals surface area contributed by atoms with Gasteiger partial charge in [-0.1, -0.05) is 32.9 Å². The molecule has 0 bridgehead atoms. The average Bonchev–Trinajstić information content (AvgIpc) is 2.27. The summed E-state index contributed by atoms with van der Waals surface area (Å²) in [7, 11) is 0. The zero-order valence-corrected chi connectivity index (χ0v) is 10.9. The Balaban J connectivity index is 3.04. The molecule has 0 aromatic heterocycles. The molecule has 1 atom stereocenters. The summed E-state index contributed by atoms with van der Waals surface area (Å²) < 4.78 is 5.39. The highest BCUT2D eigenvalue weighted by molar-refractivity contribution is 6.02. The lowest BCUT2D eigenvalue weighted by Crippen LogP contribution is -2.34. The second-order valence-electron chi connectivity index (χ2n) is 5.06. The standard InChI is InChI=1S/C14H20O3/c1-5-17-11-9-7-6-8-10(11)12(15)13(16)14(2,3)4/h6-9,13,16H,5H2,1-4H3. The molecule has 1 rings (SSSR count). The number of benzene rings is 1. The van der Waals surface area contributed by atoms with Crippen molar-refractivity contribution >= 4 is 5.78 Å². The van der Waals surface area contributed by atoms with Gasteiger partial charge in [0.05, 0.1) is 12.2 Å². The maximum atomic E-state index is 12.2. The van der Waals surface area contributed by atoms with Gasteiger partial charge < -0.3 is 9.84 Å². The molecule has 3 heteroatoms. The minimum absolute atomic E-state index is 0.290. The molecule has 0 aliphatic heterocycles. The van der Waals surface area contributed by atoms with Gasteiger partial charge in [-0.25, -0.2) is 0 Å². The first-order valence-electron chi connectivity index (χ1n) is 5.82. The molecule has 0 radical (unpaired) electrons. The Labute approximate surface area is 102 Å². The van der Waals surface area contributed by atoms with Crippen LogP contribution < -0.4 is 4.74 Å². The smallest absolute Gasteiger partial charge is 0.195 e. The first-order valence-corrected chi connectivity index (χ1v) is 5.82. The topological polar surface area (TPSA) is 46.5 Å². The van der Waals surface area contributed by atoms with Gasteiger partial charge in [0.15, 0.2) is 5.78 Å². The third-order valence-electron chi connectivity index (χ3n) is 2.52. The van der Waals surface area contributed by atoms with Crippen LogP contribution in [0.3, 0.4) is 0 Å². The van der Waals surface area contributed by atoms with Gasteiger partial charge in [-0.2, -0.15) is 0 Å². The van der Waals surface area contributed by atoms with E-state index in [-0.39, 0.29) is 5.78 Å². The number of carbonyl (C=O) groups is 1. The maximum absolute atomic E-state index is 12.2. The highest BCUT2D eigenvalue weighted by atomic mass is 16.5. The summed E-state index contributed by atoms with van der Waals surface area (Å²) in [6.45, 7) is 7.86. The number of hydrogen-bond donors (Lipinski definition) is 1. The molecular weight excluding hydrogens is 216 g/mol. The fourth-order valence-electron chi connectivity index (χ4n) is 1.49. The van der Waals surface area contributed by atoms with Crippen molar-refractivity contribution in [2.24, 2.45) is 5.41 Å². The summed E-state index contributed by atoms with van der Waals surface area (Å²) in [6.07, 6.45) is -1.02. The highest BCUT2D eigenvalue weighted by Crippen LogP contribution is 2.26. The van der Waals surface area contributed by atoms with Gasteiger partial charge in [0.1, 0.15) is 11.9 Å². The minimum Gasteiger partial charge on any atom is -0.493 e. The van der Waals surface area contributed by atoms with Crippen LogP contribution in [0.25, 0.3) is 0 Å². The largest absolute Gasteiger partial charge is 0.493 e. The van der Waals surface area contributed by atoms with Crippen LogP contribution in [0.4, 0.5) is 0 Å². The predicted molar refractivity (Wildman–Crippen MR) is 67.4 cm³/mol. The van der Waals surface area contributed by atoms with Crippen molar-refractivity contribution in [1.29, 1.82) is 0 Å². The molecule has 94 valence electrons. The van der Waals surface area contributed by atoms with Crippen LogP contribution in [0.5, 0.6) is 5.75 Å². The number of rotatable bonds is 4. The first kappa shape index (κ1) is 13.7. The molecule has 0 saturated heterocycles. The zero-order valence-electron chi connectivity index (χ0n) is 10.9. The van der Waals surface area contributed by atoms with Crippen LogP contribution in [0, 0.1) is 5.41 Å². The molecule has 0 amide bonds. The number of ether oxygens (including phenoxy) is 1. The zero-order chi connectivity index (χ0) is 13.1. The van der Waals surface area contributed by atoms with Crippen LogP contribution >= 0.6 is 0 Å². The van der Waals surface area contributed by atoms with Crippen LogP contribution in [0.2, 0.25) is 0 Å². The van der Waals surface area contributed by atoms with Gasteiger partial charge in [-0.15, -0.1) is 0 Å². The SMILES string of the molecule is CCOc1ccccc1C(=O)C(O)C(C)(C)C. The number of aliphatic hydroxyl groups excluding tert-OH is 1. The monoisotopic (exact) mass is 236 g/mol. The third kappa shape index (κ3) is 3.30. The Morgan fingerprint density at radius 1 is 1.35 bits per heavy atom. The van der Waals surface area contributed by atoms with E-state index < -0.39 is 11.5 Å². The Hall–Kier alpha value is -1.35. The summed E-state index contributed by atoms with van der Waals surface area (Å²) in [5.41, 5.74) is -0.0343. The van der Waals surface area contributed by atoms with E-state index in [1.54, 1.807) is 18.2 Å². The number of Topliss-reactive ketones (excluding diaryl/α,β-unsaturated/α-hetero) is 1. The van der Waals surface area contributed by atoms with Crippen molar-refractivity contribution in [3.05, 3.63) is 29.8 Å². The van der Waals surface area contributed by atoms with Crippen LogP contribution in [0.15, 0.2) is 24.3 Å². The van der Waals surface area contributed by atoms with E-state index in [0.717, 1.165) is 0 Å². The molecule has 3 nitrogen and oxygen atoms in total. The quantitative estimate of drug-likeness (QED) is 0.817. The molecular formula is C14H20O3. The van der Waals surface area contributed by atoms with Crippen LogP contribution in [0.1, 0.15) is 38.1 Å². The van der Waals surface area contributed by atoms with E-state index >= 15 is 0 Å². The van der Waals surface area contributed by atoms with E-state index in [4.69, 9.17) is 4.74 Å². The molecule has 0 aliphatic carbocycles. The van der Waals surface area contributed by atoms with Crippen molar-refractivity contribution in [3.8, 4) is 5.75 Å². The van der Waals surface area contributed by atoms with Gasteiger partial charge in [-0.3, -0.25) is 4.79 Å². The highest BCUT2D eigenvalue weighted by Gasteiger charge is 2.31. The number of hydrogen-bond acceptors (Lipinski definition) is 3. The first-order chi connectivity index (χ1) is 7.88. The van der Waals surface area contributed by atoms with Gasteiger partial charge in [0.2, 0.25) is 0 Å². The van der Waals surface area contributed by atoms with Crippen molar-refractivity contribution in [2.75, 3.05) is 6.61 Å². The second-order valence-corrected chi connectivity index (χ2v) is 5.06. The van der Waals surface area contributed by atoms with Crippen LogP contribution in [-0.4, -0.2) is 23.6 Å². The fraction of sp³-hybridized carbons (Fsp3) is 0.500. The maximum Gasteiger partial charge on any atom is 0.195 e. The Kier molecular flexibility index (Phi) is 4.29. The van der Waals surface area contributed by atoms with E-state index in [1.807, 2.05) is 33.8 Å². The Morgan fingerprint density at radius 2 is 1.94 bits per heavy atom. The fourth-order valence-corrected chi connectivity index (χ4v) is 1.49. The van der Waals surface area contributed by atoms with Crippen LogP contribution in [-0.2, 0) is 0 Å². The van der Waals surface area contributed by atoms with Gasteiger partial charge in [-0.05, 0) is 24.5 Å². The lowest BCUT2D eigenvalue weighted by atomic mass is 9.84. The normalized spacial score (nSPS) is 13.2. The number of para-hydroxylation sites is 1. The predicted octanol–water partition coefficient (Wildman–Crippen LogP) is 2.68. The van der Waals surface area contributed by atoms with E-state index in [2.05, 4.69) is 0 Å². The summed E-state index contributed by atoms with van der Waals surface area (Å²) >= 11 is 0. The molecule has 1 aromatic carbocycles. The third-order valence-corrected chi connectivity index (χ3v) is 2.52. The number of carbonyl (C=O) groups excluding carboxylic acids is 1. The van der Waals surface area contributed by atoms with Gasteiger partial charge >= 0.3 is 0 Å². The molecule has 0 heterocycles. The lowest BCUT2D eigenvalue weighted by Gasteiger charge is -2.25. The number of aliphatic hydroxyl groups is 1. The van der Waals surface area contributed by atoms with E-state index in [0.29, 0.717) is 17.9 Å². The average molecular weight is 236 g/mol.